The Kier molecular flexibility index (Phi) is 4.12. The Morgan fingerprint density at radius 2 is 2.00 bits per heavy atom. The second kappa shape index (κ2) is 5.80. The zero-order chi connectivity index (χ0) is 12.1. The fourth-order valence-electron chi connectivity index (χ4n) is 1.41. The lowest BCUT2D eigenvalue weighted by molar-refractivity contribution is 0.477. The lowest BCUT2D eigenvalue weighted by atomic mass is 10.2. The summed E-state index contributed by atoms with van der Waals surface area (Å²) in [7, 11) is 0. The van der Waals surface area contributed by atoms with Crippen molar-refractivity contribution in [1.29, 1.82) is 0 Å². The molecule has 4 nitrogen and oxygen atoms in total. The maximum Gasteiger partial charge on any atom is 0.247 e. The molecule has 17 heavy (non-hydrogen) atoms. The van der Waals surface area contributed by atoms with E-state index in [0.717, 1.165) is 18.5 Å². The van der Waals surface area contributed by atoms with Gasteiger partial charge in [-0.05, 0) is 37.2 Å². The van der Waals surface area contributed by atoms with Crippen molar-refractivity contribution in [2.24, 2.45) is 0 Å². The molecule has 0 aliphatic carbocycles. The van der Waals surface area contributed by atoms with Crippen LogP contribution in [0.1, 0.15) is 19.2 Å². The Bertz CT molecular complexity index is 467. The van der Waals surface area contributed by atoms with Crippen LogP contribution in [0, 0.1) is 0 Å². The summed E-state index contributed by atoms with van der Waals surface area (Å²) >= 11 is 5.81. The van der Waals surface area contributed by atoms with Crippen LogP contribution < -0.4 is 5.32 Å². The highest BCUT2D eigenvalue weighted by Crippen LogP contribution is 2.19. The number of hydrogen-bond acceptors (Lipinski definition) is 4. The molecule has 0 radical (unpaired) electrons. The first-order valence-corrected chi connectivity index (χ1v) is 5.96. The van der Waals surface area contributed by atoms with E-state index in [0.29, 0.717) is 23.3 Å². The van der Waals surface area contributed by atoms with Gasteiger partial charge in [0, 0.05) is 10.6 Å². The van der Waals surface area contributed by atoms with Crippen LogP contribution in [0.15, 0.2) is 28.7 Å². The summed E-state index contributed by atoms with van der Waals surface area (Å²) in [5.74, 6) is 1.12. The van der Waals surface area contributed by atoms with Gasteiger partial charge in [-0.3, -0.25) is 0 Å². The van der Waals surface area contributed by atoms with E-state index in [2.05, 4.69) is 22.4 Å². The molecule has 5 heteroatoms. The molecule has 1 aromatic carbocycles. The third-order valence-electron chi connectivity index (χ3n) is 2.26. The zero-order valence-electron chi connectivity index (χ0n) is 9.61. The summed E-state index contributed by atoms with van der Waals surface area (Å²) in [5.41, 5.74) is 0.878. The van der Waals surface area contributed by atoms with Crippen molar-refractivity contribution >= 4 is 11.6 Å². The standard InChI is InChI=1S/C12H14ClN3O/c1-2-7-14-8-11-15-16-12(17-11)9-3-5-10(13)6-4-9/h3-6,14H,2,7-8H2,1H3. The van der Waals surface area contributed by atoms with Gasteiger partial charge in [-0.25, -0.2) is 0 Å². The number of hydrogen-bond donors (Lipinski definition) is 1. The van der Waals surface area contributed by atoms with Crippen molar-refractivity contribution in [3.63, 3.8) is 0 Å². The van der Waals surface area contributed by atoms with Crippen molar-refractivity contribution in [3.8, 4) is 11.5 Å². The minimum atomic E-state index is 0.523. The third-order valence-corrected chi connectivity index (χ3v) is 2.51. The molecule has 0 saturated heterocycles. The van der Waals surface area contributed by atoms with E-state index < -0.39 is 0 Å². The molecule has 0 saturated carbocycles. The molecule has 0 amide bonds. The lowest BCUT2D eigenvalue weighted by Crippen LogP contribution is -2.13. The molecular formula is C12H14ClN3O. The molecule has 0 spiro atoms. The van der Waals surface area contributed by atoms with Crippen LogP contribution in [-0.4, -0.2) is 16.7 Å². The molecule has 1 heterocycles. The van der Waals surface area contributed by atoms with Crippen LogP contribution in [-0.2, 0) is 6.54 Å². The first kappa shape index (κ1) is 12.1. The van der Waals surface area contributed by atoms with Gasteiger partial charge in [0.15, 0.2) is 0 Å². The van der Waals surface area contributed by atoms with Gasteiger partial charge in [0.1, 0.15) is 0 Å². The Morgan fingerprint density at radius 1 is 1.24 bits per heavy atom. The lowest BCUT2D eigenvalue weighted by Gasteiger charge is -1.97. The minimum Gasteiger partial charge on any atom is -0.419 e. The summed E-state index contributed by atoms with van der Waals surface area (Å²) < 4.78 is 5.53. The summed E-state index contributed by atoms with van der Waals surface area (Å²) in [6, 6.07) is 7.32. The van der Waals surface area contributed by atoms with Gasteiger partial charge in [-0.15, -0.1) is 10.2 Å². The molecule has 1 aromatic heterocycles. The average molecular weight is 252 g/mol. The molecule has 2 rings (SSSR count). The minimum absolute atomic E-state index is 0.523. The fraction of sp³-hybridized carbons (Fsp3) is 0.333. The molecule has 2 aromatic rings. The fourth-order valence-corrected chi connectivity index (χ4v) is 1.53. The maximum absolute atomic E-state index is 5.81. The first-order chi connectivity index (χ1) is 8.29. The van der Waals surface area contributed by atoms with Gasteiger partial charge in [-0.1, -0.05) is 18.5 Å². The molecule has 0 aliphatic rings. The van der Waals surface area contributed by atoms with E-state index >= 15 is 0 Å². The van der Waals surface area contributed by atoms with Crippen LogP contribution in [0.5, 0.6) is 0 Å². The highest BCUT2D eigenvalue weighted by Gasteiger charge is 2.07. The van der Waals surface area contributed by atoms with Crippen molar-refractivity contribution < 1.29 is 4.42 Å². The van der Waals surface area contributed by atoms with Crippen LogP contribution >= 0.6 is 11.6 Å². The number of aromatic nitrogens is 2. The number of nitrogens with zero attached hydrogens (tertiary/aromatic N) is 2. The number of nitrogens with one attached hydrogen (secondary N) is 1. The normalized spacial score (nSPS) is 10.7. The second-order valence-corrected chi connectivity index (χ2v) is 4.12. The average Bonchev–Trinajstić information content (AvgIpc) is 2.79. The zero-order valence-corrected chi connectivity index (χ0v) is 10.4. The smallest absolute Gasteiger partial charge is 0.247 e. The van der Waals surface area contributed by atoms with Crippen LogP contribution in [0.3, 0.4) is 0 Å². The number of rotatable bonds is 5. The predicted molar refractivity (Wildman–Crippen MR) is 66.7 cm³/mol. The van der Waals surface area contributed by atoms with E-state index in [-0.39, 0.29) is 0 Å². The van der Waals surface area contributed by atoms with E-state index in [9.17, 15) is 0 Å². The van der Waals surface area contributed by atoms with E-state index in [1.165, 1.54) is 0 Å². The Morgan fingerprint density at radius 3 is 2.71 bits per heavy atom. The Balaban J connectivity index is 2.04. The van der Waals surface area contributed by atoms with Gasteiger partial charge in [0.05, 0.1) is 6.54 Å². The van der Waals surface area contributed by atoms with Crippen LogP contribution in [0.2, 0.25) is 5.02 Å². The Labute approximate surface area is 105 Å². The molecule has 0 unspecified atom stereocenters. The number of benzene rings is 1. The highest BCUT2D eigenvalue weighted by atomic mass is 35.5. The van der Waals surface area contributed by atoms with Gasteiger partial charge >= 0.3 is 0 Å². The topological polar surface area (TPSA) is 51.0 Å². The largest absolute Gasteiger partial charge is 0.419 e. The summed E-state index contributed by atoms with van der Waals surface area (Å²) in [4.78, 5) is 0. The molecular weight excluding hydrogens is 238 g/mol. The van der Waals surface area contributed by atoms with Crippen LogP contribution in [0.25, 0.3) is 11.5 Å². The predicted octanol–water partition coefficient (Wildman–Crippen LogP) is 2.89. The molecule has 0 aliphatic heterocycles. The quantitative estimate of drug-likeness (QED) is 0.831. The van der Waals surface area contributed by atoms with Gasteiger partial charge < -0.3 is 9.73 Å². The van der Waals surface area contributed by atoms with Crippen molar-refractivity contribution in [1.82, 2.24) is 15.5 Å². The van der Waals surface area contributed by atoms with E-state index in [1.807, 2.05) is 12.1 Å². The first-order valence-electron chi connectivity index (χ1n) is 5.58. The SMILES string of the molecule is CCCNCc1nnc(-c2ccc(Cl)cc2)o1. The summed E-state index contributed by atoms with van der Waals surface area (Å²) in [6.45, 7) is 3.66. The van der Waals surface area contributed by atoms with Crippen molar-refractivity contribution in [2.75, 3.05) is 6.54 Å². The Hall–Kier alpha value is -1.39. The summed E-state index contributed by atoms with van der Waals surface area (Å²) in [6.07, 6.45) is 1.08. The molecule has 0 bridgehead atoms. The van der Waals surface area contributed by atoms with Gasteiger partial charge in [0.2, 0.25) is 11.8 Å². The monoisotopic (exact) mass is 251 g/mol. The van der Waals surface area contributed by atoms with Gasteiger partial charge in [-0.2, -0.15) is 0 Å². The molecule has 1 N–H and O–H groups in total. The number of halogens is 1. The van der Waals surface area contributed by atoms with E-state index in [1.54, 1.807) is 12.1 Å². The van der Waals surface area contributed by atoms with Crippen molar-refractivity contribution in [2.45, 2.75) is 19.9 Å². The molecule has 0 atom stereocenters. The molecule has 90 valence electrons. The van der Waals surface area contributed by atoms with E-state index in [4.69, 9.17) is 16.0 Å². The third kappa shape index (κ3) is 3.28. The second-order valence-electron chi connectivity index (χ2n) is 3.68. The maximum atomic E-state index is 5.81. The van der Waals surface area contributed by atoms with Gasteiger partial charge in [0.25, 0.3) is 0 Å². The molecule has 0 fully saturated rings. The summed E-state index contributed by atoms with van der Waals surface area (Å²) in [5, 5.41) is 11.9. The van der Waals surface area contributed by atoms with Crippen LogP contribution in [0.4, 0.5) is 0 Å². The van der Waals surface area contributed by atoms with Crippen molar-refractivity contribution in [3.05, 3.63) is 35.2 Å². The highest BCUT2D eigenvalue weighted by molar-refractivity contribution is 6.30.